The second-order valence-corrected chi connectivity index (χ2v) is 5.45. The summed E-state index contributed by atoms with van der Waals surface area (Å²) in [5.74, 6) is 1.92. The van der Waals surface area contributed by atoms with Gasteiger partial charge in [0.05, 0.1) is 18.5 Å². The minimum Gasteiger partial charge on any atom is -0.476 e. The second kappa shape index (κ2) is 6.69. The first kappa shape index (κ1) is 13.3. The molecule has 1 aromatic heterocycles. The normalized spacial score (nSPS) is 17.1. The molecule has 0 unspecified atom stereocenters. The van der Waals surface area contributed by atoms with Gasteiger partial charge in [-0.15, -0.1) is 0 Å². The van der Waals surface area contributed by atoms with Crippen LogP contribution in [-0.2, 0) is 6.42 Å². The van der Waals surface area contributed by atoms with Crippen LogP contribution in [0.1, 0.15) is 32.4 Å². The van der Waals surface area contributed by atoms with Gasteiger partial charge >= 0.3 is 0 Å². The average Bonchev–Trinajstić information content (AvgIpc) is 2.37. The molecule has 0 radical (unpaired) electrons. The molecule has 1 N–H and O–H groups in total. The van der Waals surface area contributed by atoms with Crippen molar-refractivity contribution >= 4 is 0 Å². The summed E-state index contributed by atoms with van der Waals surface area (Å²) in [6.07, 6.45) is 6.89. The van der Waals surface area contributed by atoms with Crippen LogP contribution in [0.5, 0.6) is 5.88 Å². The minimum atomic E-state index is 0.596. The van der Waals surface area contributed by atoms with E-state index in [1.165, 1.54) is 12.8 Å². The number of ether oxygens (including phenoxy) is 1. The van der Waals surface area contributed by atoms with Crippen molar-refractivity contribution in [3.63, 3.8) is 0 Å². The third kappa shape index (κ3) is 4.26. The SMILES string of the molecule is CC(C)Cc1cncc(OCC2CCNCC2)n1. The lowest BCUT2D eigenvalue weighted by atomic mass is 9.99. The number of aromatic nitrogens is 2. The van der Waals surface area contributed by atoms with E-state index in [2.05, 4.69) is 29.1 Å². The molecule has 1 aromatic rings. The Morgan fingerprint density at radius 3 is 2.83 bits per heavy atom. The van der Waals surface area contributed by atoms with Gasteiger partial charge in [0.2, 0.25) is 5.88 Å². The Morgan fingerprint density at radius 1 is 1.33 bits per heavy atom. The number of rotatable bonds is 5. The van der Waals surface area contributed by atoms with Gasteiger partial charge in [-0.25, -0.2) is 4.98 Å². The lowest BCUT2D eigenvalue weighted by Gasteiger charge is -2.22. The maximum atomic E-state index is 5.77. The standard InChI is InChI=1S/C14H23N3O/c1-11(2)7-13-8-16-9-14(17-13)18-10-12-3-5-15-6-4-12/h8-9,11-12,15H,3-7,10H2,1-2H3. The van der Waals surface area contributed by atoms with Gasteiger partial charge in [-0.3, -0.25) is 4.98 Å². The van der Waals surface area contributed by atoms with Crippen molar-refractivity contribution in [3.05, 3.63) is 18.1 Å². The first-order chi connectivity index (χ1) is 8.74. The molecular formula is C14H23N3O. The Bertz CT molecular complexity index is 362. The zero-order valence-electron chi connectivity index (χ0n) is 11.4. The molecule has 1 fully saturated rings. The first-order valence-corrected chi connectivity index (χ1v) is 6.88. The molecular weight excluding hydrogens is 226 g/mol. The molecule has 0 aliphatic carbocycles. The topological polar surface area (TPSA) is 47.0 Å². The molecule has 2 heterocycles. The third-order valence-electron chi connectivity index (χ3n) is 3.21. The Hall–Kier alpha value is -1.16. The molecule has 4 nitrogen and oxygen atoms in total. The average molecular weight is 249 g/mol. The van der Waals surface area contributed by atoms with Gasteiger partial charge < -0.3 is 10.1 Å². The largest absolute Gasteiger partial charge is 0.476 e. The molecule has 4 heteroatoms. The van der Waals surface area contributed by atoms with Gasteiger partial charge in [-0.1, -0.05) is 13.8 Å². The van der Waals surface area contributed by atoms with Crippen LogP contribution in [0.3, 0.4) is 0 Å². The molecule has 100 valence electrons. The van der Waals surface area contributed by atoms with E-state index < -0.39 is 0 Å². The van der Waals surface area contributed by atoms with E-state index >= 15 is 0 Å². The van der Waals surface area contributed by atoms with Crippen LogP contribution in [0.4, 0.5) is 0 Å². The molecule has 1 aliphatic heterocycles. The maximum Gasteiger partial charge on any atom is 0.232 e. The van der Waals surface area contributed by atoms with Crippen LogP contribution in [0.25, 0.3) is 0 Å². The Labute approximate surface area is 109 Å². The molecule has 18 heavy (non-hydrogen) atoms. The summed E-state index contributed by atoms with van der Waals surface area (Å²) in [6.45, 7) is 7.34. The van der Waals surface area contributed by atoms with Crippen molar-refractivity contribution < 1.29 is 4.74 Å². The number of nitrogens with zero attached hydrogens (tertiary/aromatic N) is 2. The summed E-state index contributed by atoms with van der Waals surface area (Å²) in [7, 11) is 0. The first-order valence-electron chi connectivity index (χ1n) is 6.88. The number of piperidine rings is 1. The van der Waals surface area contributed by atoms with Crippen LogP contribution in [0.15, 0.2) is 12.4 Å². The van der Waals surface area contributed by atoms with E-state index in [1.807, 2.05) is 6.20 Å². The van der Waals surface area contributed by atoms with E-state index in [4.69, 9.17) is 4.74 Å². The Balaban J connectivity index is 1.84. The summed E-state index contributed by atoms with van der Waals surface area (Å²) in [4.78, 5) is 8.70. The Morgan fingerprint density at radius 2 is 2.11 bits per heavy atom. The van der Waals surface area contributed by atoms with Crippen molar-refractivity contribution in [2.75, 3.05) is 19.7 Å². The molecule has 0 spiro atoms. The van der Waals surface area contributed by atoms with Crippen molar-refractivity contribution in [3.8, 4) is 5.88 Å². The summed E-state index contributed by atoms with van der Waals surface area (Å²) >= 11 is 0. The third-order valence-corrected chi connectivity index (χ3v) is 3.21. The fraction of sp³-hybridized carbons (Fsp3) is 0.714. The molecule has 0 amide bonds. The fourth-order valence-electron chi connectivity index (χ4n) is 2.22. The number of hydrogen-bond acceptors (Lipinski definition) is 4. The molecule has 0 bridgehead atoms. The van der Waals surface area contributed by atoms with E-state index in [9.17, 15) is 0 Å². The van der Waals surface area contributed by atoms with Gasteiger partial charge in [0.15, 0.2) is 0 Å². The van der Waals surface area contributed by atoms with Gasteiger partial charge in [-0.05, 0) is 44.2 Å². The Kier molecular flexibility index (Phi) is 4.93. The molecule has 0 atom stereocenters. The maximum absolute atomic E-state index is 5.77. The lowest BCUT2D eigenvalue weighted by Crippen LogP contribution is -2.30. The van der Waals surface area contributed by atoms with Gasteiger partial charge in [0, 0.05) is 6.20 Å². The van der Waals surface area contributed by atoms with E-state index in [0.29, 0.717) is 17.7 Å². The van der Waals surface area contributed by atoms with Crippen molar-refractivity contribution in [2.45, 2.75) is 33.1 Å². The zero-order chi connectivity index (χ0) is 12.8. The van der Waals surface area contributed by atoms with Crippen molar-refractivity contribution in [1.82, 2.24) is 15.3 Å². The predicted molar refractivity (Wildman–Crippen MR) is 71.7 cm³/mol. The smallest absolute Gasteiger partial charge is 0.232 e. The van der Waals surface area contributed by atoms with Crippen LogP contribution in [0.2, 0.25) is 0 Å². The van der Waals surface area contributed by atoms with Crippen LogP contribution in [0, 0.1) is 11.8 Å². The molecule has 2 rings (SSSR count). The summed E-state index contributed by atoms with van der Waals surface area (Å²) in [5.41, 5.74) is 1.02. The monoisotopic (exact) mass is 249 g/mol. The minimum absolute atomic E-state index is 0.596. The molecule has 1 aliphatic rings. The summed E-state index contributed by atoms with van der Waals surface area (Å²) in [6, 6.07) is 0. The van der Waals surface area contributed by atoms with Gasteiger partial charge in [-0.2, -0.15) is 0 Å². The second-order valence-electron chi connectivity index (χ2n) is 5.45. The highest BCUT2D eigenvalue weighted by atomic mass is 16.5. The van der Waals surface area contributed by atoms with Crippen molar-refractivity contribution in [1.29, 1.82) is 0 Å². The predicted octanol–water partition coefficient (Wildman–Crippen LogP) is 2.05. The molecule has 0 aromatic carbocycles. The molecule has 1 saturated heterocycles. The van der Waals surface area contributed by atoms with Crippen LogP contribution in [-0.4, -0.2) is 29.7 Å². The van der Waals surface area contributed by atoms with Crippen LogP contribution >= 0.6 is 0 Å². The number of nitrogens with one attached hydrogen (secondary N) is 1. The highest BCUT2D eigenvalue weighted by molar-refractivity contribution is 5.08. The quantitative estimate of drug-likeness (QED) is 0.867. The van der Waals surface area contributed by atoms with E-state index in [0.717, 1.165) is 31.8 Å². The zero-order valence-corrected chi connectivity index (χ0v) is 11.4. The van der Waals surface area contributed by atoms with E-state index in [-0.39, 0.29) is 0 Å². The summed E-state index contributed by atoms with van der Waals surface area (Å²) in [5, 5.41) is 3.36. The number of hydrogen-bond donors (Lipinski definition) is 1. The lowest BCUT2D eigenvalue weighted by molar-refractivity contribution is 0.207. The van der Waals surface area contributed by atoms with Crippen LogP contribution < -0.4 is 10.1 Å². The fourth-order valence-corrected chi connectivity index (χ4v) is 2.22. The molecule has 0 saturated carbocycles. The van der Waals surface area contributed by atoms with Gasteiger partial charge in [0.25, 0.3) is 0 Å². The van der Waals surface area contributed by atoms with Gasteiger partial charge in [0.1, 0.15) is 0 Å². The highest BCUT2D eigenvalue weighted by Gasteiger charge is 2.14. The van der Waals surface area contributed by atoms with Crippen molar-refractivity contribution in [2.24, 2.45) is 11.8 Å². The van der Waals surface area contributed by atoms with E-state index in [1.54, 1.807) is 6.20 Å². The summed E-state index contributed by atoms with van der Waals surface area (Å²) < 4.78 is 5.77. The highest BCUT2D eigenvalue weighted by Crippen LogP contribution is 2.15.